The van der Waals surface area contributed by atoms with E-state index in [1.165, 1.54) is 7.11 Å². The first-order chi connectivity index (χ1) is 9.84. The molecule has 2 fully saturated rings. The van der Waals surface area contributed by atoms with Gasteiger partial charge in [0, 0.05) is 19.1 Å². The van der Waals surface area contributed by atoms with Crippen molar-refractivity contribution in [1.29, 1.82) is 0 Å². The molecule has 0 aromatic heterocycles. The third kappa shape index (κ3) is 3.57. The molecule has 0 spiro atoms. The fourth-order valence-electron chi connectivity index (χ4n) is 3.29. The Labute approximate surface area is 127 Å². The number of sulfone groups is 1. The predicted octanol–water partition coefficient (Wildman–Crippen LogP) is 0.0366. The van der Waals surface area contributed by atoms with Crippen molar-refractivity contribution < 1.29 is 17.9 Å². The van der Waals surface area contributed by atoms with E-state index in [9.17, 15) is 13.2 Å². The van der Waals surface area contributed by atoms with Crippen molar-refractivity contribution in [1.82, 2.24) is 10.2 Å². The van der Waals surface area contributed by atoms with Crippen molar-refractivity contribution in [2.45, 2.75) is 38.3 Å². The minimum atomic E-state index is -2.94. The lowest BCUT2D eigenvalue weighted by Crippen LogP contribution is -2.64. The smallest absolute Gasteiger partial charge is 0.327 e. The highest BCUT2D eigenvalue weighted by atomic mass is 32.2. The second kappa shape index (κ2) is 6.22. The van der Waals surface area contributed by atoms with Gasteiger partial charge in [-0.05, 0) is 32.2 Å². The van der Waals surface area contributed by atoms with Gasteiger partial charge < -0.3 is 10.1 Å². The van der Waals surface area contributed by atoms with Gasteiger partial charge in [0.15, 0.2) is 9.84 Å². The maximum Gasteiger partial charge on any atom is 0.327 e. The fraction of sp³-hybridized carbons (Fsp3) is 0.929. The molecule has 1 heterocycles. The molecule has 6 nitrogen and oxygen atoms in total. The summed E-state index contributed by atoms with van der Waals surface area (Å²) < 4.78 is 28.4. The Balaban J connectivity index is 2.17. The molecule has 1 aliphatic carbocycles. The monoisotopic (exact) mass is 318 g/mol. The van der Waals surface area contributed by atoms with Crippen LogP contribution in [0.1, 0.15) is 26.7 Å². The molecule has 1 aliphatic heterocycles. The number of carbonyl (C=O) groups excluding carboxylic acids is 1. The number of hydrogen-bond donors (Lipinski definition) is 1. The van der Waals surface area contributed by atoms with E-state index in [0.717, 1.165) is 12.8 Å². The van der Waals surface area contributed by atoms with E-state index in [1.807, 2.05) is 13.8 Å². The second-order valence-electron chi connectivity index (χ2n) is 6.20. The first kappa shape index (κ1) is 16.7. The summed E-state index contributed by atoms with van der Waals surface area (Å²) in [4.78, 5) is 14.5. The van der Waals surface area contributed by atoms with Crippen molar-refractivity contribution in [2.75, 3.05) is 38.2 Å². The van der Waals surface area contributed by atoms with Crippen LogP contribution in [0.5, 0.6) is 0 Å². The van der Waals surface area contributed by atoms with Crippen molar-refractivity contribution in [2.24, 2.45) is 5.92 Å². The zero-order valence-corrected chi connectivity index (χ0v) is 13.9. The van der Waals surface area contributed by atoms with Crippen LogP contribution in [0.15, 0.2) is 0 Å². The Morgan fingerprint density at radius 2 is 2.10 bits per heavy atom. The maximum absolute atomic E-state index is 12.4. The molecule has 0 radical (unpaired) electrons. The molecule has 1 N–H and O–H groups in total. The van der Waals surface area contributed by atoms with E-state index in [4.69, 9.17) is 4.74 Å². The Morgan fingerprint density at radius 3 is 2.57 bits per heavy atom. The number of ether oxygens (including phenoxy) is 1. The van der Waals surface area contributed by atoms with Crippen LogP contribution < -0.4 is 5.32 Å². The Hall–Kier alpha value is -0.660. The molecule has 2 aliphatic rings. The molecular formula is C14H26N2O4S. The van der Waals surface area contributed by atoms with Gasteiger partial charge in [0.1, 0.15) is 5.54 Å². The summed E-state index contributed by atoms with van der Waals surface area (Å²) in [5.41, 5.74) is -0.696. The van der Waals surface area contributed by atoms with Gasteiger partial charge in [-0.25, -0.2) is 13.2 Å². The van der Waals surface area contributed by atoms with E-state index in [-0.39, 0.29) is 29.4 Å². The average molecular weight is 318 g/mol. The number of methoxy groups -OCH3 is 1. The van der Waals surface area contributed by atoms with E-state index in [0.29, 0.717) is 19.6 Å². The summed E-state index contributed by atoms with van der Waals surface area (Å²) >= 11 is 0. The van der Waals surface area contributed by atoms with Gasteiger partial charge in [0.05, 0.1) is 18.6 Å². The van der Waals surface area contributed by atoms with Crippen LogP contribution in [0.3, 0.4) is 0 Å². The molecule has 1 saturated heterocycles. The largest absolute Gasteiger partial charge is 0.468 e. The second-order valence-corrected chi connectivity index (χ2v) is 8.43. The highest BCUT2D eigenvalue weighted by Crippen LogP contribution is 2.41. The summed E-state index contributed by atoms with van der Waals surface area (Å²) in [7, 11) is -1.52. The van der Waals surface area contributed by atoms with Gasteiger partial charge in [0.2, 0.25) is 0 Å². The maximum atomic E-state index is 12.4. The number of rotatable bonds is 6. The number of likely N-dealkylation sites (N-methyl/N-ethyl adjacent to an activating group) is 1. The molecule has 21 heavy (non-hydrogen) atoms. The number of nitrogens with zero attached hydrogens (tertiary/aromatic N) is 1. The van der Waals surface area contributed by atoms with Gasteiger partial charge in [0.25, 0.3) is 0 Å². The normalized spacial score (nSPS) is 28.8. The summed E-state index contributed by atoms with van der Waals surface area (Å²) in [5, 5.41) is 3.33. The van der Waals surface area contributed by atoms with E-state index >= 15 is 0 Å². The van der Waals surface area contributed by atoms with Crippen molar-refractivity contribution in [3.8, 4) is 0 Å². The molecule has 0 aromatic carbocycles. The van der Waals surface area contributed by atoms with Crippen LogP contribution >= 0.6 is 0 Å². The lowest BCUT2D eigenvalue weighted by Gasteiger charge is -2.41. The molecule has 0 aromatic rings. The summed E-state index contributed by atoms with van der Waals surface area (Å²) in [6, 6.07) is -0.0646. The van der Waals surface area contributed by atoms with Crippen molar-refractivity contribution >= 4 is 15.8 Å². The van der Waals surface area contributed by atoms with Crippen LogP contribution in [0.4, 0.5) is 0 Å². The van der Waals surface area contributed by atoms with Gasteiger partial charge in [-0.1, -0.05) is 6.92 Å². The topological polar surface area (TPSA) is 75.7 Å². The summed E-state index contributed by atoms with van der Waals surface area (Å²) in [6.07, 6.45) is 2.03. The van der Waals surface area contributed by atoms with E-state index < -0.39 is 15.4 Å². The molecule has 122 valence electrons. The number of nitrogens with one attached hydrogen (secondary N) is 1. The first-order valence-corrected chi connectivity index (χ1v) is 9.44. The van der Waals surface area contributed by atoms with E-state index in [1.54, 1.807) is 0 Å². The molecule has 1 saturated carbocycles. The van der Waals surface area contributed by atoms with Crippen LogP contribution in [-0.4, -0.2) is 69.1 Å². The quantitative estimate of drug-likeness (QED) is 0.697. The van der Waals surface area contributed by atoms with Gasteiger partial charge in [-0.2, -0.15) is 0 Å². The highest BCUT2D eigenvalue weighted by molar-refractivity contribution is 7.91. The van der Waals surface area contributed by atoms with Crippen molar-refractivity contribution in [3.05, 3.63) is 0 Å². The van der Waals surface area contributed by atoms with Crippen LogP contribution in [-0.2, 0) is 19.4 Å². The SMILES string of the molecule is CCNC(CN1CCS(=O)(=O)CC1C)(C(=O)OC)C1CC1. The third-order valence-electron chi connectivity index (χ3n) is 4.58. The van der Waals surface area contributed by atoms with Crippen molar-refractivity contribution in [3.63, 3.8) is 0 Å². The molecule has 2 rings (SSSR count). The van der Waals surface area contributed by atoms with E-state index in [2.05, 4.69) is 10.2 Å². The minimum Gasteiger partial charge on any atom is -0.468 e. The Bertz CT molecular complexity index is 489. The zero-order valence-electron chi connectivity index (χ0n) is 13.1. The first-order valence-electron chi connectivity index (χ1n) is 7.62. The number of hydrogen-bond acceptors (Lipinski definition) is 6. The van der Waals surface area contributed by atoms with Crippen LogP contribution in [0, 0.1) is 5.92 Å². The predicted molar refractivity (Wildman–Crippen MR) is 80.8 cm³/mol. The van der Waals surface area contributed by atoms with Crippen LogP contribution in [0.2, 0.25) is 0 Å². The Morgan fingerprint density at radius 1 is 1.43 bits per heavy atom. The lowest BCUT2D eigenvalue weighted by molar-refractivity contribution is -0.151. The fourth-order valence-corrected chi connectivity index (χ4v) is 4.92. The lowest BCUT2D eigenvalue weighted by atomic mass is 9.91. The van der Waals surface area contributed by atoms with Gasteiger partial charge in [-0.15, -0.1) is 0 Å². The molecule has 0 bridgehead atoms. The zero-order chi connectivity index (χ0) is 15.7. The molecule has 0 amide bonds. The van der Waals surface area contributed by atoms with Gasteiger partial charge in [-0.3, -0.25) is 4.90 Å². The molecular weight excluding hydrogens is 292 g/mol. The molecule has 2 unspecified atom stereocenters. The summed E-state index contributed by atoms with van der Waals surface area (Å²) in [6.45, 7) is 5.59. The number of carbonyl (C=O) groups is 1. The minimum absolute atomic E-state index is 0.0646. The molecule has 2 atom stereocenters. The average Bonchev–Trinajstić information content (AvgIpc) is 3.24. The standard InChI is InChI=1S/C14H26N2O4S/c1-4-15-14(12-5-6-12,13(17)20-3)10-16-7-8-21(18,19)9-11(16)2/h11-12,15H,4-10H2,1-3H3. The molecule has 7 heteroatoms. The summed E-state index contributed by atoms with van der Waals surface area (Å²) in [5.74, 6) is 0.398. The number of esters is 1. The van der Waals surface area contributed by atoms with Gasteiger partial charge >= 0.3 is 5.97 Å². The highest BCUT2D eigenvalue weighted by Gasteiger charge is 2.53. The van der Waals surface area contributed by atoms with Crippen LogP contribution in [0.25, 0.3) is 0 Å². The Kier molecular flexibility index (Phi) is 4.95. The third-order valence-corrected chi connectivity index (χ3v) is 6.37.